The fourth-order valence-corrected chi connectivity index (χ4v) is 2.91. The van der Waals surface area contributed by atoms with Crippen molar-refractivity contribution in [2.75, 3.05) is 0 Å². The van der Waals surface area contributed by atoms with Gasteiger partial charge in [0.25, 0.3) is 5.91 Å². The molecule has 152 valence electrons. The topological polar surface area (TPSA) is 75.6 Å². The van der Waals surface area contributed by atoms with Gasteiger partial charge in [-0.25, -0.2) is 9.18 Å². The lowest BCUT2D eigenvalue weighted by Crippen LogP contribution is -2.27. The SMILES string of the molecule is Cc1cccc(Cl)c1Oc1ccc(/C=C(\NC(=O)c2ccccc2F)C(=O)O)cc1. The van der Waals surface area contributed by atoms with Gasteiger partial charge in [0.05, 0.1) is 10.6 Å². The first kappa shape index (κ1) is 21.1. The Morgan fingerprint density at radius 3 is 2.37 bits per heavy atom. The van der Waals surface area contributed by atoms with Crippen LogP contribution in [0.5, 0.6) is 11.5 Å². The Kier molecular flexibility index (Phi) is 6.49. The summed E-state index contributed by atoms with van der Waals surface area (Å²) in [5, 5.41) is 12.1. The number of benzene rings is 3. The second-order valence-corrected chi connectivity index (χ2v) is 6.76. The van der Waals surface area contributed by atoms with E-state index in [4.69, 9.17) is 16.3 Å². The molecule has 30 heavy (non-hydrogen) atoms. The molecule has 0 saturated carbocycles. The summed E-state index contributed by atoms with van der Waals surface area (Å²) >= 11 is 6.16. The lowest BCUT2D eigenvalue weighted by molar-refractivity contribution is -0.132. The van der Waals surface area contributed by atoms with E-state index in [-0.39, 0.29) is 11.3 Å². The first-order chi connectivity index (χ1) is 14.3. The molecule has 0 aliphatic rings. The quantitative estimate of drug-likeness (QED) is 0.516. The van der Waals surface area contributed by atoms with Gasteiger partial charge < -0.3 is 15.2 Å². The number of hydrogen-bond donors (Lipinski definition) is 2. The van der Waals surface area contributed by atoms with Crippen LogP contribution in [0.4, 0.5) is 4.39 Å². The molecule has 0 bridgehead atoms. The average molecular weight is 426 g/mol. The van der Waals surface area contributed by atoms with Crippen LogP contribution >= 0.6 is 11.6 Å². The van der Waals surface area contributed by atoms with Gasteiger partial charge in [0.15, 0.2) is 0 Å². The largest absolute Gasteiger partial charge is 0.477 e. The number of carbonyl (C=O) groups is 2. The van der Waals surface area contributed by atoms with Gasteiger partial charge in [-0.15, -0.1) is 0 Å². The van der Waals surface area contributed by atoms with Gasteiger partial charge in [-0.3, -0.25) is 4.79 Å². The summed E-state index contributed by atoms with van der Waals surface area (Å²) in [6.07, 6.45) is 1.27. The first-order valence-electron chi connectivity index (χ1n) is 8.89. The normalized spacial score (nSPS) is 11.1. The highest BCUT2D eigenvalue weighted by molar-refractivity contribution is 6.32. The van der Waals surface area contributed by atoms with Crippen LogP contribution in [0.25, 0.3) is 6.08 Å². The van der Waals surface area contributed by atoms with Crippen molar-refractivity contribution >= 4 is 29.6 Å². The van der Waals surface area contributed by atoms with Crippen LogP contribution in [0, 0.1) is 12.7 Å². The number of aliphatic carboxylic acids is 1. The van der Waals surface area contributed by atoms with Crippen LogP contribution in [0.3, 0.4) is 0 Å². The molecule has 0 aliphatic carbocycles. The van der Waals surface area contributed by atoms with Crippen LogP contribution in [-0.4, -0.2) is 17.0 Å². The summed E-state index contributed by atoms with van der Waals surface area (Å²) < 4.78 is 19.6. The van der Waals surface area contributed by atoms with Crippen molar-refractivity contribution in [2.24, 2.45) is 0 Å². The number of para-hydroxylation sites is 1. The standard InChI is InChI=1S/C23H17ClFNO4/c1-14-5-4-7-18(24)21(14)30-16-11-9-15(10-12-16)13-20(23(28)29)26-22(27)17-6-2-3-8-19(17)25/h2-13H,1H3,(H,26,27)(H,28,29)/b20-13-. The van der Waals surface area contributed by atoms with Crippen LogP contribution in [0.1, 0.15) is 21.5 Å². The van der Waals surface area contributed by atoms with E-state index in [2.05, 4.69) is 5.32 Å². The molecule has 7 heteroatoms. The van der Waals surface area contributed by atoms with E-state index in [1.165, 1.54) is 24.3 Å². The fourth-order valence-electron chi connectivity index (χ4n) is 2.65. The maximum atomic E-state index is 13.7. The Labute approximate surface area is 177 Å². The number of carboxylic acids is 1. The predicted octanol–water partition coefficient (Wildman–Crippen LogP) is 5.44. The zero-order valence-electron chi connectivity index (χ0n) is 15.9. The number of aryl methyl sites for hydroxylation is 1. The van der Waals surface area contributed by atoms with Gasteiger partial charge in [0.1, 0.15) is 23.0 Å². The maximum absolute atomic E-state index is 13.7. The molecular weight excluding hydrogens is 409 g/mol. The number of ether oxygens (including phenoxy) is 1. The summed E-state index contributed by atoms with van der Waals surface area (Å²) in [5.41, 5.74) is 0.738. The average Bonchev–Trinajstić information content (AvgIpc) is 2.71. The van der Waals surface area contributed by atoms with Gasteiger partial charge in [-0.2, -0.15) is 0 Å². The van der Waals surface area contributed by atoms with E-state index in [0.717, 1.165) is 11.6 Å². The summed E-state index contributed by atoms with van der Waals surface area (Å²) in [5.74, 6) is -1.90. The third kappa shape index (κ3) is 5.04. The number of hydrogen-bond acceptors (Lipinski definition) is 3. The zero-order valence-corrected chi connectivity index (χ0v) is 16.6. The van der Waals surface area contributed by atoms with Crippen LogP contribution < -0.4 is 10.1 Å². The highest BCUT2D eigenvalue weighted by atomic mass is 35.5. The van der Waals surface area contributed by atoms with Crippen LogP contribution in [0.2, 0.25) is 5.02 Å². The summed E-state index contributed by atoms with van der Waals surface area (Å²) in [4.78, 5) is 23.7. The summed E-state index contributed by atoms with van der Waals surface area (Å²) in [6.45, 7) is 1.87. The van der Waals surface area contributed by atoms with E-state index in [9.17, 15) is 19.1 Å². The summed E-state index contributed by atoms with van der Waals surface area (Å²) in [7, 11) is 0. The van der Waals surface area contributed by atoms with Crippen LogP contribution in [0.15, 0.2) is 72.4 Å². The number of halogens is 2. The van der Waals surface area contributed by atoms with Crippen molar-refractivity contribution in [3.05, 3.63) is 100.0 Å². The molecule has 3 aromatic rings. The molecule has 0 unspecified atom stereocenters. The Hall–Kier alpha value is -3.64. The third-order valence-corrected chi connectivity index (χ3v) is 4.47. The van der Waals surface area contributed by atoms with E-state index in [1.54, 1.807) is 30.3 Å². The Bertz CT molecular complexity index is 1110. The van der Waals surface area contributed by atoms with Crippen molar-refractivity contribution in [3.8, 4) is 11.5 Å². The van der Waals surface area contributed by atoms with E-state index in [0.29, 0.717) is 22.1 Å². The minimum absolute atomic E-state index is 0.247. The van der Waals surface area contributed by atoms with E-state index < -0.39 is 17.7 Å². The molecule has 3 rings (SSSR count). The first-order valence-corrected chi connectivity index (χ1v) is 9.27. The number of amides is 1. The molecule has 0 atom stereocenters. The van der Waals surface area contributed by atoms with Gasteiger partial charge in [-0.1, -0.05) is 48.0 Å². The monoisotopic (exact) mass is 425 g/mol. The van der Waals surface area contributed by atoms with Crippen molar-refractivity contribution in [1.82, 2.24) is 5.32 Å². The lowest BCUT2D eigenvalue weighted by Gasteiger charge is -2.11. The molecule has 5 nitrogen and oxygen atoms in total. The van der Waals surface area contributed by atoms with Gasteiger partial charge >= 0.3 is 5.97 Å². The molecule has 3 aromatic carbocycles. The van der Waals surface area contributed by atoms with Crippen molar-refractivity contribution in [2.45, 2.75) is 6.92 Å². The molecular formula is C23H17ClFNO4. The smallest absolute Gasteiger partial charge is 0.352 e. The molecule has 0 aliphatic heterocycles. The number of carbonyl (C=O) groups excluding carboxylic acids is 1. The fraction of sp³-hybridized carbons (Fsp3) is 0.0435. The third-order valence-electron chi connectivity index (χ3n) is 4.17. The number of rotatable bonds is 6. The summed E-state index contributed by atoms with van der Waals surface area (Å²) in [6, 6.07) is 17.3. The molecule has 0 fully saturated rings. The molecule has 0 radical (unpaired) electrons. The second-order valence-electron chi connectivity index (χ2n) is 6.35. The Morgan fingerprint density at radius 1 is 1.03 bits per heavy atom. The molecule has 0 saturated heterocycles. The minimum Gasteiger partial charge on any atom is -0.477 e. The van der Waals surface area contributed by atoms with E-state index >= 15 is 0 Å². The zero-order chi connectivity index (χ0) is 21.7. The maximum Gasteiger partial charge on any atom is 0.352 e. The minimum atomic E-state index is -1.35. The molecule has 2 N–H and O–H groups in total. The molecule has 0 spiro atoms. The predicted molar refractivity (Wildman–Crippen MR) is 112 cm³/mol. The lowest BCUT2D eigenvalue weighted by atomic mass is 10.1. The molecule has 0 aromatic heterocycles. The van der Waals surface area contributed by atoms with Crippen molar-refractivity contribution in [1.29, 1.82) is 0 Å². The van der Waals surface area contributed by atoms with Crippen LogP contribution in [-0.2, 0) is 4.79 Å². The van der Waals surface area contributed by atoms with Gasteiger partial charge in [0.2, 0.25) is 0 Å². The van der Waals surface area contributed by atoms with Crippen molar-refractivity contribution < 1.29 is 23.8 Å². The number of nitrogens with one attached hydrogen (secondary N) is 1. The van der Waals surface area contributed by atoms with E-state index in [1.807, 2.05) is 19.1 Å². The highest BCUT2D eigenvalue weighted by Gasteiger charge is 2.16. The van der Waals surface area contributed by atoms with Gasteiger partial charge in [0, 0.05) is 0 Å². The molecule has 1 amide bonds. The molecule has 0 heterocycles. The van der Waals surface area contributed by atoms with Crippen molar-refractivity contribution in [3.63, 3.8) is 0 Å². The second kappa shape index (κ2) is 9.24. The van der Waals surface area contributed by atoms with Gasteiger partial charge in [-0.05, 0) is 54.5 Å². The highest BCUT2D eigenvalue weighted by Crippen LogP contribution is 2.32. The number of carboxylic acid groups (broad SMARTS) is 1. The Balaban J connectivity index is 1.79. The Morgan fingerprint density at radius 2 is 1.73 bits per heavy atom.